The molecule has 1 nitrogen and oxygen atoms in total. The first-order valence-electron chi connectivity index (χ1n) is 5.01. The normalized spacial score (nSPS) is 11.5. The number of halogens is 3. The summed E-state index contributed by atoms with van der Waals surface area (Å²) in [6, 6.07) is 12.6. The Labute approximate surface area is 96.7 Å². The van der Waals surface area contributed by atoms with Crippen LogP contribution in [0.2, 0.25) is 0 Å². The fourth-order valence-corrected chi connectivity index (χ4v) is 1.74. The summed E-state index contributed by atoms with van der Waals surface area (Å²) in [5, 5.41) is 0. The van der Waals surface area contributed by atoms with Gasteiger partial charge in [-0.3, -0.25) is 0 Å². The highest BCUT2D eigenvalue weighted by molar-refractivity contribution is 5.73. The molecule has 0 saturated carbocycles. The summed E-state index contributed by atoms with van der Waals surface area (Å²) in [5.41, 5.74) is 5.02. The average molecular weight is 237 g/mol. The van der Waals surface area contributed by atoms with Crippen molar-refractivity contribution in [1.82, 2.24) is 0 Å². The quantitative estimate of drug-likeness (QED) is 0.746. The second kappa shape index (κ2) is 4.13. The minimum absolute atomic E-state index is 0.109. The fourth-order valence-electron chi connectivity index (χ4n) is 1.74. The van der Waals surface area contributed by atoms with Crippen LogP contribution in [0.4, 0.5) is 18.9 Å². The van der Waals surface area contributed by atoms with Gasteiger partial charge in [-0.05, 0) is 17.2 Å². The lowest BCUT2D eigenvalue weighted by atomic mass is 9.98. The molecule has 0 saturated heterocycles. The summed E-state index contributed by atoms with van der Waals surface area (Å²) in [4.78, 5) is 0. The third kappa shape index (κ3) is 2.25. The van der Waals surface area contributed by atoms with Crippen LogP contribution in [0.1, 0.15) is 5.56 Å². The van der Waals surface area contributed by atoms with Crippen molar-refractivity contribution in [2.24, 2.45) is 0 Å². The van der Waals surface area contributed by atoms with E-state index < -0.39 is 11.7 Å². The average Bonchev–Trinajstić information content (AvgIpc) is 2.28. The molecular formula is C13H10F3N. The van der Waals surface area contributed by atoms with E-state index in [0.29, 0.717) is 5.56 Å². The highest BCUT2D eigenvalue weighted by Gasteiger charge is 2.35. The molecule has 0 aromatic heterocycles. The van der Waals surface area contributed by atoms with Crippen molar-refractivity contribution in [3.8, 4) is 11.1 Å². The van der Waals surface area contributed by atoms with Crippen LogP contribution in [0.3, 0.4) is 0 Å². The van der Waals surface area contributed by atoms with Gasteiger partial charge in [0.25, 0.3) is 0 Å². The van der Waals surface area contributed by atoms with Gasteiger partial charge in [-0.25, -0.2) is 0 Å². The van der Waals surface area contributed by atoms with Gasteiger partial charge in [0.15, 0.2) is 0 Å². The van der Waals surface area contributed by atoms with Gasteiger partial charge >= 0.3 is 6.18 Å². The molecule has 0 aliphatic heterocycles. The smallest absolute Gasteiger partial charge is 0.398 e. The minimum Gasteiger partial charge on any atom is -0.398 e. The van der Waals surface area contributed by atoms with Gasteiger partial charge in [0.2, 0.25) is 0 Å². The number of benzene rings is 2. The molecule has 0 atom stereocenters. The maximum Gasteiger partial charge on any atom is 0.418 e. The lowest BCUT2D eigenvalue weighted by molar-refractivity contribution is -0.136. The van der Waals surface area contributed by atoms with Crippen molar-refractivity contribution < 1.29 is 13.2 Å². The van der Waals surface area contributed by atoms with Gasteiger partial charge in [0.05, 0.1) is 5.56 Å². The van der Waals surface area contributed by atoms with Crippen molar-refractivity contribution in [1.29, 1.82) is 0 Å². The maximum atomic E-state index is 12.9. The number of anilines is 1. The van der Waals surface area contributed by atoms with Crippen LogP contribution in [0.25, 0.3) is 11.1 Å². The molecule has 0 bridgehead atoms. The van der Waals surface area contributed by atoms with E-state index in [1.807, 2.05) is 0 Å². The molecule has 0 radical (unpaired) electrons. The van der Waals surface area contributed by atoms with Crippen LogP contribution in [0.15, 0.2) is 48.5 Å². The van der Waals surface area contributed by atoms with Crippen LogP contribution in [0.5, 0.6) is 0 Å². The van der Waals surface area contributed by atoms with Crippen molar-refractivity contribution in [3.63, 3.8) is 0 Å². The molecule has 0 spiro atoms. The molecule has 0 amide bonds. The Hall–Kier alpha value is -1.97. The molecule has 0 aliphatic carbocycles. The Morgan fingerprint density at radius 3 is 2.06 bits per heavy atom. The van der Waals surface area contributed by atoms with Gasteiger partial charge in [-0.15, -0.1) is 0 Å². The van der Waals surface area contributed by atoms with Gasteiger partial charge in [-0.2, -0.15) is 13.2 Å². The molecule has 4 heteroatoms. The fraction of sp³-hybridized carbons (Fsp3) is 0.0769. The maximum absolute atomic E-state index is 12.9. The molecule has 0 heterocycles. The number of hydrogen-bond donors (Lipinski definition) is 1. The molecule has 2 aromatic rings. The Kier molecular flexibility index (Phi) is 2.79. The number of hydrogen-bond acceptors (Lipinski definition) is 1. The van der Waals surface area contributed by atoms with E-state index in [0.717, 1.165) is 0 Å². The number of nitrogen functional groups attached to an aromatic ring is 1. The third-order valence-corrected chi connectivity index (χ3v) is 2.46. The molecule has 17 heavy (non-hydrogen) atoms. The Balaban J connectivity index is 2.67. The number of nitrogens with two attached hydrogens (primary N) is 1. The van der Waals surface area contributed by atoms with Crippen LogP contribution in [0, 0.1) is 0 Å². The van der Waals surface area contributed by atoms with E-state index in [1.165, 1.54) is 18.2 Å². The predicted molar refractivity (Wildman–Crippen MR) is 61.3 cm³/mol. The second-order valence-corrected chi connectivity index (χ2v) is 3.63. The van der Waals surface area contributed by atoms with Crippen LogP contribution < -0.4 is 5.73 Å². The van der Waals surface area contributed by atoms with Gasteiger partial charge in [-0.1, -0.05) is 42.5 Å². The van der Waals surface area contributed by atoms with Crippen molar-refractivity contribution in [2.75, 3.05) is 5.73 Å². The molecule has 2 N–H and O–H groups in total. The largest absolute Gasteiger partial charge is 0.418 e. The minimum atomic E-state index is -4.45. The molecule has 88 valence electrons. The summed E-state index contributed by atoms with van der Waals surface area (Å²) in [7, 11) is 0. The molecule has 2 rings (SSSR count). The summed E-state index contributed by atoms with van der Waals surface area (Å²) in [6.07, 6.45) is -4.45. The molecule has 0 fully saturated rings. The highest BCUT2D eigenvalue weighted by atomic mass is 19.4. The summed E-state index contributed by atoms with van der Waals surface area (Å²) < 4.78 is 38.7. The van der Waals surface area contributed by atoms with E-state index in [1.54, 1.807) is 30.3 Å². The van der Waals surface area contributed by atoms with E-state index in [-0.39, 0.29) is 11.3 Å². The zero-order valence-corrected chi connectivity index (χ0v) is 8.83. The summed E-state index contributed by atoms with van der Waals surface area (Å²) >= 11 is 0. The van der Waals surface area contributed by atoms with Crippen molar-refractivity contribution in [3.05, 3.63) is 54.1 Å². The summed E-state index contributed by atoms with van der Waals surface area (Å²) in [6.45, 7) is 0. The first-order valence-corrected chi connectivity index (χ1v) is 5.01. The first kappa shape index (κ1) is 11.5. The molecular weight excluding hydrogens is 227 g/mol. The first-order chi connectivity index (χ1) is 8.00. The molecule has 0 unspecified atom stereocenters. The monoisotopic (exact) mass is 237 g/mol. The van der Waals surface area contributed by atoms with Gasteiger partial charge < -0.3 is 5.73 Å². The third-order valence-electron chi connectivity index (χ3n) is 2.46. The predicted octanol–water partition coefficient (Wildman–Crippen LogP) is 3.95. The summed E-state index contributed by atoms with van der Waals surface area (Å²) in [5.74, 6) is 0. The van der Waals surface area contributed by atoms with E-state index in [4.69, 9.17) is 5.73 Å². The van der Waals surface area contributed by atoms with Crippen LogP contribution >= 0.6 is 0 Å². The van der Waals surface area contributed by atoms with Crippen LogP contribution in [-0.4, -0.2) is 0 Å². The zero-order valence-electron chi connectivity index (χ0n) is 8.83. The molecule has 0 aliphatic rings. The number of alkyl halides is 3. The Bertz CT molecular complexity index is 518. The van der Waals surface area contributed by atoms with E-state index in [2.05, 4.69) is 0 Å². The van der Waals surface area contributed by atoms with Gasteiger partial charge in [0.1, 0.15) is 0 Å². The number of rotatable bonds is 1. The standard InChI is InChI=1S/C13H10F3N/c14-13(15,16)12-10(7-4-8-11(12)17)9-5-2-1-3-6-9/h1-8H,17H2. The SMILES string of the molecule is Nc1cccc(-c2ccccc2)c1C(F)(F)F. The zero-order chi connectivity index (χ0) is 12.5. The lowest BCUT2D eigenvalue weighted by Gasteiger charge is -2.15. The van der Waals surface area contributed by atoms with Crippen molar-refractivity contribution >= 4 is 5.69 Å². The second-order valence-electron chi connectivity index (χ2n) is 3.63. The van der Waals surface area contributed by atoms with Gasteiger partial charge in [0, 0.05) is 5.69 Å². The van der Waals surface area contributed by atoms with Crippen molar-refractivity contribution in [2.45, 2.75) is 6.18 Å². The van der Waals surface area contributed by atoms with Crippen LogP contribution in [-0.2, 0) is 6.18 Å². The van der Waals surface area contributed by atoms with E-state index in [9.17, 15) is 13.2 Å². The molecule has 2 aromatic carbocycles. The Morgan fingerprint density at radius 2 is 1.47 bits per heavy atom. The Morgan fingerprint density at radius 1 is 0.824 bits per heavy atom. The lowest BCUT2D eigenvalue weighted by Crippen LogP contribution is -2.10. The highest BCUT2D eigenvalue weighted by Crippen LogP contribution is 2.40. The topological polar surface area (TPSA) is 26.0 Å². The van der Waals surface area contributed by atoms with E-state index >= 15 is 0 Å².